The Balaban J connectivity index is 2.43. The highest BCUT2D eigenvalue weighted by molar-refractivity contribution is 6.42. The largest absolute Gasteiger partial charge is 0.381 e. The first kappa shape index (κ1) is 14.5. The number of carbonyl (C=O) groups excluding carboxylic acids is 1. The highest BCUT2D eigenvalue weighted by atomic mass is 35.5. The first-order chi connectivity index (χ1) is 8.15. The number of hydrogen-bond acceptors (Lipinski definition) is 2. The van der Waals surface area contributed by atoms with E-state index in [0.29, 0.717) is 36.1 Å². The maximum absolute atomic E-state index is 11.7. The van der Waals surface area contributed by atoms with E-state index in [1.165, 1.54) is 0 Å². The first-order valence-electron chi connectivity index (χ1n) is 5.67. The van der Waals surface area contributed by atoms with Gasteiger partial charge in [-0.15, -0.1) is 0 Å². The van der Waals surface area contributed by atoms with E-state index >= 15 is 0 Å². The smallest absolute Gasteiger partial charge is 0.139 e. The van der Waals surface area contributed by atoms with Gasteiger partial charge in [0.25, 0.3) is 0 Å². The molecule has 4 heteroatoms. The van der Waals surface area contributed by atoms with Crippen LogP contribution in [0.3, 0.4) is 0 Å². The minimum atomic E-state index is 0.116. The van der Waals surface area contributed by atoms with Gasteiger partial charge in [-0.1, -0.05) is 42.3 Å². The van der Waals surface area contributed by atoms with Crippen LogP contribution in [0.1, 0.15) is 25.3 Å². The van der Waals surface area contributed by atoms with E-state index in [1.807, 2.05) is 13.0 Å². The van der Waals surface area contributed by atoms with E-state index in [0.717, 1.165) is 12.0 Å². The maximum Gasteiger partial charge on any atom is 0.139 e. The standard InChI is InChI=1S/C13H16Cl2O2/c1-2-7-17-8-6-11(16)9-10-4-3-5-12(14)13(10)15/h3-5H,2,6-9H2,1H3. The molecule has 0 saturated carbocycles. The number of Topliss-reactive ketones (excluding diaryl/α,β-unsaturated/α-hetero) is 1. The summed E-state index contributed by atoms with van der Waals surface area (Å²) in [5, 5.41) is 0.955. The van der Waals surface area contributed by atoms with Crippen molar-refractivity contribution in [1.29, 1.82) is 0 Å². The number of rotatable bonds is 7. The molecule has 0 fully saturated rings. The third-order valence-electron chi connectivity index (χ3n) is 2.29. The molecule has 0 aromatic heterocycles. The fraction of sp³-hybridized carbons (Fsp3) is 0.462. The SMILES string of the molecule is CCCOCCC(=O)Cc1cccc(Cl)c1Cl. The average Bonchev–Trinajstić information content (AvgIpc) is 2.31. The predicted octanol–water partition coefficient (Wildman–Crippen LogP) is 3.92. The fourth-order valence-electron chi connectivity index (χ4n) is 1.42. The molecule has 0 bridgehead atoms. The van der Waals surface area contributed by atoms with E-state index in [4.69, 9.17) is 27.9 Å². The zero-order valence-corrected chi connectivity index (χ0v) is 11.4. The van der Waals surface area contributed by atoms with Crippen LogP contribution in [0, 0.1) is 0 Å². The summed E-state index contributed by atoms with van der Waals surface area (Å²) in [5.74, 6) is 0.116. The van der Waals surface area contributed by atoms with Crippen LogP contribution in [0.15, 0.2) is 18.2 Å². The van der Waals surface area contributed by atoms with Crippen molar-refractivity contribution in [2.75, 3.05) is 13.2 Å². The minimum absolute atomic E-state index is 0.116. The van der Waals surface area contributed by atoms with E-state index < -0.39 is 0 Å². The second kappa shape index (κ2) is 7.70. The molecule has 0 amide bonds. The van der Waals surface area contributed by atoms with Gasteiger partial charge in [-0.2, -0.15) is 0 Å². The van der Waals surface area contributed by atoms with Gasteiger partial charge in [0.1, 0.15) is 5.78 Å². The van der Waals surface area contributed by atoms with Crippen LogP contribution < -0.4 is 0 Å². The lowest BCUT2D eigenvalue weighted by atomic mass is 10.1. The molecule has 1 aromatic rings. The molecule has 0 unspecified atom stereocenters. The summed E-state index contributed by atoms with van der Waals surface area (Å²) >= 11 is 11.9. The summed E-state index contributed by atoms with van der Waals surface area (Å²) in [4.78, 5) is 11.7. The van der Waals surface area contributed by atoms with Crippen molar-refractivity contribution in [3.8, 4) is 0 Å². The molecule has 0 heterocycles. The van der Waals surface area contributed by atoms with Crippen molar-refractivity contribution >= 4 is 29.0 Å². The number of carbonyl (C=O) groups is 1. The van der Waals surface area contributed by atoms with Gasteiger partial charge in [-0.05, 0) is 18.1 Å². The van der Waals surface area contributed by atoms with Crippen molar-refractivity contribution in [2.24, 2.45) is 0 Å². The molecule has 1 rings (SSSR count). The van der Waals surface area contributed by atoms with Crippen LogP contribution in [0.5, 0.6) is 0 Å². The molecule has 0 spiro atoms. The Kier molecular flexibility index (Phi) is 6.56. The summed E-state index contributed by atoms with van der Waals surface area (Å²) in [7, 11) is 0. The van der Waals surface area contributed by atoms with Gasteiger partial charge in [0, 0.05) is 19.4 Å². The predicted molar refractivity (Wildman–Crippen MR) is 70.9 cm³/mol. The molecule has 0 aliphatic rings. The lowest BCUT2D eigenvalue weighted by molar-refractivity contribution is -0.119. The van der Waals surface area contributed by atoms with Gasteiger partial charge in [-0.3, -0.25) is 4.79 Å². The van der Waals surface area contributed by atoms with Crippen molar-refractivity contribution < 1.29 is 9.53 Å². The van der Waals surface area contributed by atoms with E-state index in [2.05, 4.69) is 0 Å². The Morgan fingerprint density at radius 2 is 2.06 bits per heavy atom. The van der Waals surface area contributed by atoms with E-state index in [-0.39, 0.29) is 5.78 Å². The normalized spacial score (nSPS) is 10.5. The zero-order valence-electron chi connectivity index (χ0n) is 9.84. The van der Waals surface area contributed by atoms with E-state index in [9.17, 15) is 4.79 Å². The molecule has 0 saturated heterocycles. The molecule has 0 aliphatic carbocycles. The highest BCUT2D eigenvalue weighted by Crippen LogP contribution is 2.26. The second-order valence-corrected chi connectivity index (χ2v) is 4.58. The monoisotopic (exact) mass is 274 g/mol. The Morgan fingerprint density at radius 3 is 2.76 bits per heavy atom. The van der Waals surface area contributed by atoms with Gasteiger partial charge >= 0.3 is 0 Å². The molecule has 1 aromatic carbocycles. The molecule has 17 heavy (non-hydrogen) atoms. The maximum atomic E-state index is 11.7. The molecule has 0 radical (unpaired) electrons. The Hall–Kier alpha value is -0.570. The lowest BCUT2D eigenvalue weighted by Gasteiger charge is -2.05. The Bertz CT molecular complexity index is 378. The van der Waals surface area contributed by atoms with Crippen LogP contribution in [0.2, 0.25) is 10.0 Å². The van der Waals surface area contributed by atoms with Crippen LogP contribution in [0.25, 0.3) is 0 Å². The van der Waals surface area contributed by atoms with Crippen molar-refractivity contribution in [2.45, 2.75) is 26.2 Å². The van der Waals surface area contributed by atoms with Crippen molar-refractivity contribution in [1.82, 2.24) is 0 Å². The van der Waals surface area contributed by atoms with Gasteiger partial charge < -0.3 is 4.74 Å². The molecule has 2 nitrogen and oxygen atoms in total. The average molecular weight is 275 g/mol. The van der Waals surface area contributed by atoms with Gasteiger partial charge in [-0.25, -0.2) is 0 Å². The minimum Gasteiger partial charge on any atom is -0.381 e. The summed E-state index contributed by atoms with van der Waals surface area (Å²) in [6.07, 6.45) is 1.70. The van der Waals surface area contributed by atoms with Gasteiger partial charge in [0.05, 0.1) is 16.7 Å². The molecule has 0 aliphatic heterocycles. The number of ether oxygens (including phenoxy) is 1. The van der Waals surface area contributed by atoms with E-state index in [1.54, 1.807) is 12.1 Å². The molecule has 94 valence electrons. The fourth-order valence-corrected chi connectivity index (χ4v) is 1.81. The third kappa shape index (κ3) is 5.07. The summed E-state index contributed by atoms with van der Waals surface area (Å²) in [6, 6.07) is 5.33. The summed E-state index contributed by atoms with van der Waals surface area (Å²) in [6.45, 7) is 3.21. The van der Waals surface area contributed by atoms with Gasteiger partial charge in [0.15, 0.2) is 0 Å². The molecular weight excluding hydrogens is 259 g/mol. The first-order valence-corrected chi connectivity index (χ1v) is 6.43. The highest BCUT2D eigenvalue weighted by Gasteiger charge is 2.09. The number of hydrogen-bond donors (Lipinski definition) is 0. The van der Waals surface area contributed by atoms with Crippen LogP contribution in [-0.4, -0.2) is 19.0 Å². The number of ketones is 1. The van der Waals surface area contributed by atoms with Crippen LogP contribution >= 0.6 is 23.2 Å². The number of benzene rings is 1. The topological polar surface area (TPSA) is 26.3 Å². The lowest BCUT2D eigenvalue weighted by Crippen LogP contribution is -2.08. The molecular formula is C13H16Cl2O2. The van der Waals surface area contributed by atoms with Gasteiger partial charge in [0.2, 0.25) is 0 Å². The quantitative estimate of drug-likeness (QED) is 0.705. The Labute approximate surface area is 112 Å². The summed E-state index contributed by atoms with van der Waals surface area (Å²) < 4.78 is 5.27. The second-order valence-electron chi connectivity index (χ2n) is 3.79. The third-order valence-corrected chi connectivity index (χ3v) is 3.15. The molecule has 0 N–H and O–H groups in total. The zero-order chi connectivity index (χ0) is 12.7. The number of halogens is 2. The van der Waals surface area contributed by atoms with Crippen LogP contribution in [0.4, 0.5) is 0 Å². The molecule has 0 atom stereocenters. The van der Waals surface area contributed by atoms with Crippen molar-refractivity contribution in [3.63, 3.8) is 0 Å². The van der Waals surface area contributed by atoms with Crippen molar-refractivity contribution in [3.05, 3.63) is 33.8 Å². The summed E-state index contributed by atoms with van der Waals surface area (Å²) in [5.41, 5.74) is 0.777. The van der Waals surface area contributed by atoms with Crippen LogP contribution in [-0.2, 0) is 16.0 Å². The Morgan fingerprint density at radius 1 is 1.29 bits per heavy atom.